The van der Waals surface area contributed by atoms with Crippen LogP contribution in [0.2, 0.25) is 0 Å². The molecule has 0 aliphatic rings. The maximum Gasteiger partial charge on any atom is 0.303 e. The molecule has 0 saturated carbocycles. The zero-order chi connectivity index (χ0) is 15.7. The SMILES string of the molecule is CC(CCNC(=O)[C@@H](N)Cc1ccccc1)CCC(=O)O. The molecular formula is C16H24N2O3. The average molecular weight is 292 g/mol. The smallest absolute Gasteiger partial charge is 0.303 e. The summed E-state index contributed by atoms with van der Waals surface area (Å²) in [5, 5.41) is 11.4. The number of hydrogen-bond donors (Lipinski definition) is 3. The third-order valence-corrected chi connectivity index (χ3v) is 3.42. The van der Waals surface area contributed by atoms with Crippen LogP contribution < -0.4 is 11.1 Å². The van der Waals surface area contributed by atoms with E-state index in [2.05, 4.69) is 5.32 Å². The number of nitrogens with one attached hydrogen (secondary N) is 1. The number of carboxylic acid groups (broad SMARTS) is 1. The number of amides is 1. The minimum atomic E-state index is -0.782. The summed E-state index contributed by atoms with van der Waals surface area (Å²) in [6, 6.07) is 9.10. The summed E-state index contributed by atoms with van der Waals surface area (Å²) in [5.74, 6) is -0.674. The first kappa shape index (κ1) is 17.2. The van der Waals surface area contributed by atoms with Gasteiger partial charge in [-0.1, -0.05) is 37.3 Å². The quantitative estimate of drug-likeness (QED) is 0.644. The van der Waals surface area contributed by atoms with E-state index in [0.29, 0.717) is 19.4 Å². The maximum absolute atomic E-state index is 11.9. The molecule has 4 N–H and O–H groups in total. The number of carboxylic acids is 1. The molecule has 0 aliphatic carbocycles. The van der Waals surface area contributed by atoms with E-state index < -0.39 is 12.0 Å². The average Bonchev–Trinajstić information content (AvgIpc) is 2.46. The fourth-order valence-corrected chi connectivity index (χ4v) is 2.05. The minimum absolute atomic E-state index is 0.163. The molecule has 5 nitrogen and oxygen atoms in total. The molecule has 1 unspecified atom stereocenters. The van der Waals surface area contributed by atoms with Crippen LogP contribution in [0, 0.1) is 5.92 Å². The third kappa shape index (κ3) is 7.46. The van der Waals surface area contributed by atoms with Gasteiger partial charge in [-0.15, -0.1) is 0 Å². The fourth-order valence-electron chi connectivity index (χ4n) is 2.05. The van der Waals surface area contributed by atoms with Crippen LogP contribution >= 0.6 is 0 Å². The summed E-state index contributed by atoms with van der Waals surface area (Å²) in [7, 11) is 0. The molecule has 1 rings (SSSR count). The van der Waals surface area contributed by atoms with Crippen LogP contribution in [0.1, 0.15) is 31.7 Å². The van der Waals surface area contributed by atoms with E-state index >= 15 is 0 Å². The monoisotopic (exact) mass is 292 g/mol. The van der Waals surface area contributed by atoms with Crippen molar-refractivity contribution in [2.75, 3.05) is 6.54 Å². The van der Waals surface area contributed by atoms with Crippen LogP contribution in [0.3, 0.4) is 0 Å². The highest BCUT2D eigenvalue weighted by atomic mass is 16.4. The molecule has 0 radical (unpaired) electrons. The van der Waals surface area contributed by atoms with Gasteiger partial charge in [0.25, 0.3) is 0 Å². The van der Waals surface area contributed by atoms with Crippen molar-refractivity contribution in [2.24, 2.45) is 11.7 Å². The largest absolute Gasteiger partial charge is 0.481 e. The van der Waals surface area contributed by atoms with E-state index in [1.54, 1.807) is 0 Å². The van der Waals surface area contributed by atoms with Gasteiger partial charge in [-0.3, -0.25) is 9.59 Å². The number of nitrogens with two attached hydrogens (primary N) is 1. The molecule has 116 valence electrons. The Hall–Kier alpha value is -1.88. The Morgan fingerprint density at radius 2 is 1.90 bits per heavy atom. The number of hydrogen-bond acceptors (Lipinski definition) is 3. The number of aliphatic carboxylic acids is 1. The summed E-state index contributed by atoms with van der Waals surface area (Å²) in [5.41, 5.74) is 6.91. The highest BCUT2D eigenvalue weighted by Crippen LogP contribution is 2.09. The number of carbonyl (C=O) groups excluding carboxylic acids is 1. The highest BCUT2D eigenvalue weighted by Gasteiger charge is 2.14. The first-order valence-electron chi connectivity index (χ1n) is 7.28. The van der Waals surface area contributed by atoms with Crippen molar-refractivity contribution in [1.82, 2.24) is 5.32 Å². The van der Waals surface area contributed by atoms with Crippen LogP contribution in [0.5, 0.6) is 0 Å². The highest BCUT2D eigenvalue weighted by molar-refractivity contribution is 5.81. The molecule has 0 fully saturated rings. The third-order valence-electron chi connectivity index (χ3n) is 3.42. The summed E-state index contributed by atoms with van der Waals surface area (Å²) in [6.45, 7) is 2.51. The van der Waals surface area contributed by atoms with Gasteiger partial charge in [0.1, 0.15) is 0 Å². The van der Waals surface area contributed by atoms with Gasteiger partial charge in [0.15, 0.2) is 0 Å². The molecule has 1 aromatic carbocycles. The van der Waals surface area contributed by atoms with Gasteiger partial charge in [-0.25, -0.2) is 0 Å². The van der Waals surface area contributed by atoms with Crippen molar-refractivity contribution in [1.29, 1.82) is 0 Å². The first-order valence-corrected chi connectivity index (χ1v) is 7.28. The predicted molar refractivity (Wildman–Crippen MR) is 81.8 cm³/mol. The van der Waals surface area contributed by atoms with Gasteiger partial charge in [0, 0.05) is 13.0 Å². The lowest BCUT2D eigenvalue weighted by Crippen LogP contribution is -2.42. The summed E-state index contributed by atoms with van der Waals surface area (Å²) < 4.78 is 0. The van der Waals surface area contributed by atoms with Crippen molar-refractivity contribution < 1.29 is 14.7 Å². The van der Waals surface area contributed by atoms with E-state index in [9.17, 15) is 9.59 Å². The summed E-state index contributed by atoms with van der Waals surface area (Å²) >= 11 is 0. The molecule has 0 spiro atoms. The molecule has 0 heterocycles. The van der Waals surface area contributed by atoms with E-state index in [-0.39, 0.29) is 18.2 Å². The Balaban J connectivity index is 2.22. The van der Waals surface area contributed by atoms with E-state index in [4.69, 9.17) is 10.8 Å². The lowest BCUT2D eigenvalue weighted by Gasteiger charge is -2.14. The van der Waals surface area contributed by atoms with Gasteiger partial charge >= 0.3 is 5.97 Å². The van der Waals surface area contributed by atoms with E-state index in [0.717, 1.165) is 12.0 Å². The number of benzene rings is 1. The Kier molecular flexibility index (Phi) is 7.46. The van der Waals surface area contributed by atoms with Crippen LogP contribution in [0.25, 0.3) is 0 Å². The molecule has 0 aromatic heterocycles. The zero-order valence-corrected chi connectivity index (χ0v) is 12.4. The molecule has 2 atom stereocenters. The number of carbonyl (C=O) groups is 2. The van der Waals surface area contributed by atoms with Crippen LogP contribution in [0.4, 0.5) is 0 Å². The first-order chi connectivity index (χ1) is 9.99. The molecule has 0 bridgehead atoms. The minimum Gasteiger partial charge on any atom is -0.481 e. The lowest BCUT2D eigenvalue weighted by atomic mass is 10.0. The molecule has 1 aromatic rings. The summed E-state index contributed by atoms with van der Waals surface area (Å²) in [6.07, 6.45) is 2.07. The van der Waals surface area contributed by atoms with Gasteiger partial charge < -0.3 is 16.2 Å². The van der Waals surface area contributed by atoms with Gasteiger partial charge in [0.05, 0.1) is 6.04 Å². The van der Waals surface area contributed by atoms with Crippen LogP contribution in [-0.2, 0) is 16.0 Å². The normalized spacial score (nSPS) is 13.4. The molecule has 5 heteroatoms. The topological polar surface area (TPSA) is 92.4 Å². The molecular weight excluding hydrogens is 268 g/mol. The van der Waals surface area contributed by atoms with Crippen molar-refractivity contribution in [3.05, 3.63) is 35.9 Å². The van der Waals surface area contributed by atoms with Crippen molar-refractivity contribution in [2.45, 2.75) is 38.6 Å². The Bertz CT molecular complexity index is 448. The van der Waals surface area contributed by atoms with E-state index in [1.807, 2.05) is 37.3 Å². The second kappa shape index (κ2) is 9.13. The van der Waals surface area contributed by atoms with Crippen LogP contribution in [0.15, 0.2) is 30.3 Å². The number of rotatable bonds is 9. The zero-order valence-electron chi connectivity index (χ0n) is 12.4. The van der Waals surface area contributed by atoms with Crippen LogP contribution in [-0.4, -0.2) is 29.6 Å². The fraction of sp³-hybridized carbons (Fsp3) is 0.500. The lowest BCUT2D eigenvalue weighted by molar-refractivity contribution is -0.137. The Morgan fingerprint density at radius 1 is 1.24 bits per heavy atom. The van der Waals surface area contributed by atoms with Gasteiger partial charge in [-0.2, -0.15) is 0 Å². The second-order valence-electron chi connectivity index (χ2n) is 5.41. The van der Waals surface area contributed by atoms with Crippen molar-refractivity contribution >= 4 is 11.9 Å². The van der Waals surface area contributed by atoms with Crippen molar-refractivity contribution in [3.63, 3.8) is 0 Å². The molecule has 1 amide bonds. The van der Waals surface area contributed by atoms with Crippen molar-refractivity contribution in [3.8, 4) is 0 Å². The Morgan fingerprint density at radius 3 is 2.52 bits per heavy atom. The molecule has 0 aliphatic heterocycles. The van der Waals surface area contributed by atoms with Gasteiger partial charge in [0.2, 0.25) is 5.91 Å². The Labute approximate surface area is 125 Å². The standard InChI is InChI=1S/C16H24N2O3/c1-12(7-8-15(19)20)9-10-18-16(21)14(17)11-13-5-3-2-4-6-13/h2-6,12,14H,7-11,17H2,1H3,(H,18,21)(H,19,20)/t12?,14-/m0/s1. The maximum atomic E-state index is 11.9. The van der Waals surface area contributed by atoms with E-state index in [1.165, 1.54) is 0 Å². The second-order valence-corrected chi connectivity index (χ2v) is 5.41. The molecule has 21 heavy (non-hydrogen) atoms. The van der Waals surface area contributed by atoms with Gasteiger partial charge in [-0.05, 0) is 30.7 Å². The molecule has 0 saturated heterocycles. The predicted octanol–water partition coefficient (Wildman–Crippen LogP) is 1.56. The summed E-state index contributed by atoms with van der Waals surface area (Å²) in [4.78, 5) is 22.3.